The first-order chi connectivity index (χ1) is 30.8. The summed E-state index contributed by atoms with van der Waals surface area (Å²) in [5.41, 5.74) is -3.79. The standard InChI is InChI=1S/C49H82N2O15/c1-16-37-49(11,57)44(64-38(53)27-59-26-35-20-18-17-19-21-35)32(6)51(14)25-28(2)23-47(9,56)43(66-46-41(62-34(8)52)36(50(12)13)22-29(3)60-46)30(4)40(31(5)45(55)63-37)65-39-24-48(10,58-15)42(54)33(7)61-39/h17-21,28-33,36-37,39-44,46,54,56-57H,16,22-27H2,1-15H3/t28-,29-,30+,31-,32-,33+,36+,37-,39+,40+,41-,42+,43-,44-,46+,47-,48-,49-/m1/s1. The van der Waals surface area contributed by atoms with Crippen molar-refractivity contribution in [3.05, 3.63) is 35.9 Å². The number of ether oxygens (including phenoxy) is 9. The van der Waals surface area contributed by atoms with Gasteiger partial charge in [0.15, 0.2) is 18.7 Å². The molecule has 0 bridgehead atoms. The van der Waals surface area contributed by atoms with Gasteiger partial charge < -0.3 is 62.9 Å². The zero-order chi connectivity index (χ0) is 49.5. The van der Waals surface area contributed by atoms with Gasteiger partial charge >= 0.3 is 17.9 Å². The van der Waals surface area contributed by atoms with Crippen LogP contribution in [0.1, 0.15) is 107 Å². The van der Waals surface area contributed by atoms with E-state index in [-0.39, 0.29) is 50.5 Å². The second-order valence-electron chi connectivity index (χ2n) is 20.2. The van der Waals surface area contributed by atoms with Crippen LogP contribution in [0, 0.1) is 17.8 Å². The zero-order valence-corrected chi connectivity index (χ0v) is 42.1. The van der Waals surface area contributed by atoms with E-state index in [0.717, 1.165) is 5.56 Å². The third kappa shape index (κ3) is 13.9. The Morgan fingerprint density at radius 3 is 2.17 bits per heavy atom. The molecular weight excluding hydrogens is 857 g/mol. The van der Waals surface area contributed by atoms with Gasteiger partial charge in [-0.2, -0.15) is 0 Å². The quantitative estimate of drug-likeness (QED) is 0.187. The number of nitrogens with zero attached hydrogens (tertiary/aromatic N) is 2. The Bertz CT molecular complexity index is 1700. The summed E-state index contributed by atoms with van der Waals surface area (Å²) in [6.07, 6.45) is -8.80. The third-order valence-corrected chi connectivity index (χ3v) is 14.0. The third-order valence-electron chi connectivity index (χ3n) is 14.0. The van der Waals surface area contributed by atoms with Gasteiger partial charge in [-0.15, -0.1) is 0 Å². The lowest BCUT2D eigenvalue weighted by Crippen LogP contribution is -2.61. The van der Waals surface area contributed by atoms with Crippen molar-refractivity contribution in [2.75, 3.05) is 41.4 Å². The summed E-state index contributed by atoms with van der Waals surface area (Å²) in [6, 6.07) is 8.46. The van der Waals surface area contributed by atoms with Gasteiger partial charge in [0.05, 0.1) is 54.2 Å². The minimum atomic E-state index is -1.92. The summed E-state index contributed by atoms with van der Waals surface area (Å²) in [5, 5.41) is 36.5. The Hall–Kier alpha value is -2.81. The van der Waals surface area contributed by atoms with E-state index in [2.05, 4.69) is 0 Å². The molecule has 0 aliphatic carbocycles. The minimum Gasteiger partial charge on any atom is -0.459 e. The summed E-state index contributed by atoms with van der Waals surface area (Å²) in [4.78, 5) is 44.8. The van der Waals surface area contributed by atoms with Crippen molar-refractivity contribution in [2.24, 2.45) is 17.8 Å². The minimum absolute atomic E-state index is 0.0832. The average molecular weight is 939 g/mol. The van der Waals surface area contributed by atoms with E-state index in [4.69, 9.17) is 42.6 Å². The van der Waals surface area contributed by atoms with Crippen LogP contribution >= 0.6 is 0 Å². The van der Waals surface area contributed by atoms with E-state index >= 15 is 0 Å². The van der Waals surface area contributed by atoms with E-state index in [9.17, 15) is 29.7 Å². The van der Waals surface area contributed by atoms with Gasteiger partial charge in [0, 0.05) is 39.0 Å². The molecule has 17 nitrogen and oxygen atoms in total. The van der Waals surface area contributed by atoms with Crippen molar-refractivity contribution in [2.45, 2.75) is 199 Å². The molecular formula is C49H82N2O15. The van der Waals surface area contributed by atoms with Crippen LogP contribution in [0.15, 0.2) is 30.3 Å². The average Bonchev–Trinajstić information content (AvgIpc) is 3.24. The van der Waals surface area contributed by atoms with Crippen LogP contribution in [0.5, 0.6) is 0 Å². The van der Waals surface area contributed by atoms with Crippen molar-refractivity contribution in [3.8, 4) is 0 Å². The van der Waals surface area contributed by atoms with Gasteiger partial charge in [0.1, 0.15) is 30.5 Å². The van der Waals surface area contributed by atoms with Gasteiger partial charge in [-0.25, -0.2) is 4.79 Å². The highest BCUT2D eigenvalue weighted by molar-refractivity contribution is 5.73. The van der Waals surface area contributed by atoms with Gasteiger partial charge in [-0.05, 0) is 100 Å². The first-order valence-corrected chi connectivity index (χ1v) is 23.6. The maximum Gasteiger partial charge on any atom is 0.332 e. The van der Waals surface area contributed by atoms with Crippen LogP contribution in [0.2, 0.25) is 0 Å². The number of esters is 3. The SMILES string of the molecule is CC[C@H]1OC(=O)[C@H](C)[C@@H](O[C@H]2C[C@@](C)(OC)[C@@H](O)[C@H](C)O2)[C@H](C)[C@@H](O[C@@H]2O[C@H](C)C[C@H](N(C)C)[C@H]2OC(C)=O)[C@](C)(O)C[C@@H](C)CN(C)[C@H](C)[C@@H](OC(=O)COCc2ccccc2)[C@]1(C)O. The summed E-state index contributed by atoms with van der Waals surface area (Å²) >= 11 is 0. The first-order valence-electron chi connectivity index (χ1n) is 23.6. The fourth-order valence-corrected chi connectivity index (χ4v) is 10.2. The molecule has 0 spiro atoms. The highest BCUT2D eigenvalue weighted by Gasteiger charge is 2.54. The molecule has 3 fully saturated rings. The molecule has 3 heterocycles. The van der Waals surface area contributed by atoms with Crippen molar-refractivity contribution < 1.29 is 72.3 Å². The number of benzene rings is 1. The number of likely N-dealkylation sites (N-methyl/N-ethyl adjacent to an activating group) is 2. The Morgan fingerprint density at radius 1 is 0.924 bits per heavy atom. The molecule has 0 saturated carbocycles. The number of hydrogen-bond donors (Lipinski definition) is 3. The summed E-state index contributed by atoms with van der Waals surface area (Å²) in [5.74, 6) is -4.17. The predicted octanol–water partition coefficient (Wildman–Crippen LogP) is 4.24. The molecule has 3 N–H and O–H groups in total. The zero-order valence-electron chi connectivity index (χ0n) is 42.1. The molecule has 4 rings (SSSR count). The van der Waals surface area contributed by atoms with Crippen LogP contribution in [0.3, 0.4) is 0 Å². The second kappa shape index (κ2) is 23.7. The Labute approximate surface area is 393 Å². The number of aliphatic hydroxyl groups is 3. The Balaban J connectivity index is 1.82. The van der Waals surface area contributed by atoms with Gasteiger partial charge in [-0.3, -0.25) is 14.5 Å². The van der Waals surface area contributed by atoms with E-state index in [1.54, 1.807) is 41.5 Å². The number of carbonyl (C=O) groups is 3. The topological polar surface area (TPSA) is 201 Å². The highest BCUT2D eigenvalue weighted by Crippen LogP contribution is 2.41. The first kappa shape index (κ1) is 55.8. The van der Waals surface area contributed by atoms with Gasteiger partial charge in [0.25, 0.3) is 0 Å². The number of aliphatic hydroxyl groups excluding tert-OH is 1. The lowest BCUT2D eigenvalue weighted by atomic mass is 9.77. The lowest BCUT2D eigenvalue weighted by molar-refractivity contribution is -0.318. The predicted molar refractivity (Wildman–Crippen MR) is 244 cm³/mol. The number of carbonyl (C=O) groups excluding carboxylic acids is 3. The molecule has 17 heteroatoms. The van der Waals surface area contributed by atoms with Crippen LogP contribution in [0.25, 0.3) is 0 Å². The molecule has 1 aromatic carbocycles. The molecule has 0 unspecified atom stereocenters. The smallest absolute Gasteiger partial charge is 0.332 e. The van der Waals surface area contributed by atoms with E-state index in [0.29, 0.717) is 13.0 Å². The Kier molecular flexibility index (Phi) is 20.0. The van der Waals surface area contributed by atoms with Crippen LogP contribution in [-0.2, 0) is 63.6 Å². The van der Waals surface area contributed by atoms with Crippen LogP contribution in [0.4, 0.5) is 0 Å². The van der Waals surface area contributed by atoms with Crippen molar-refractivity contribution in [3.63, 3.8) is 0 Å². The molecule has 18 atom stereocenters. The largest absolute Gasteiger partial charge is 0.459 e. The molecule has 378 valence electrons. The number of rotatable bonds is 13. The second-order valence-corrected chi connectivity index (χ2v) is 20.2. The monoisotopic (exact) mass is 939 g/mol. The Morgan fingerprint density at radius 2 is 1.58 bits per heavy atom. The van der Waals surface area contributed by atoms with E-state index in [1.165, 1.54) is 21.0 Å². The lowest BCUT2D eigenvalue weighted by Gasteiger charge is -2.49. The van der Waals surface area contributed by atoms with Crippen LogP contribution in [-0.4, -0.2) is 175 Å². The fraction of sp³-hybridized carbons (Fsp3) is 0.816. The number of methoxy groups -OCH3 is 1. The summed E-state index contributed by atoms with van der Waals surface area (Å²) in [7, 11) is 7.11. The molecule has 3 aliphatic rings. The highest BCUT2D eigenvalue weighted by atomic mass is 16.7. The molecule has 3 aliphatic heterocycles. The van der Waals surface area contributed by atoms with Crippen LogP contribution < -0.4 is 0 Å². The molecule has 1 aromatic rings. The van der Waals surface area contributed by atoms with Crippen molar-refractivity contribution >= 4 is 17.9 Å². The van der Waals surface area contributed by atoms with E-state index < -0.39 is 108 Å². The molecule has 0 radical (unpaired) electrons. The summed E-state index contributed by atoms with van der Waals surface area (Å²) < 4.78 is 56.3. The molecule has 3 saturated heterocycles. The fourth-order valence-electron chi connectivity index (χ4n) is 10.2. The van der Waals surface area contributed by atoms with Crippen molar-refractivity contribution in [1.82, 2.24) is 9.80 Å². The molecule has 0 aromatic heterocycles. The van der Waals surface area contributed by atoms with E-state index in [1.807, 2.05) is 82.0 Å². The number of hydrogen-bond acceptors (Lipinski definition) is 17. The van der Waals surface area contributed by atoms with Gasteiger partial charge in [-0.1, -0.05) is 51.1 Å². The number of cyclic esters (lactones) is 1. The summed E-state index contributed by atoms with van der Waals surface area (Å²) in [6.45, 7) is 19.0. The maximum absolute atomic E-state index is 14.8. The van der Waals surface area contributed by atoms with Crippen molar-refractivity contribution in [1.29, 1.82) is 0 Å². The maximum atomic E-state index is 14.8. The molecule has 66 heavy (non-hydrogen) atoms. The molecule has 0 amide bonds. The normalized spacial score (nSPS) is 41.3. The van der Waals surface area contributed by atoms with Gasteiger partial charge in [0.2, 0.25) is 0 Å².